The van der Waals surface area contributed by atoms with Crippen molar-refractivity contribution in [1.82, 2.24) is 5.32 Å². The fourth-order valence-corrected chi connectivity index (χ4v) is 4.00. The Labute approximate surface area is 167 Å². The molecule has 1 amide bonds. The van der Waals surface area contributed by atoms with Crippen molar-refractivity contribution in [1.29, 1.82) is 0 Å². The molecule has 0 saturated heterocycles. The van der Waals surface area contributed by atoms with E-state index in [9.17, 15) is 19.1 Å². The minimum atomic E-state index is -1.54. The van der Waals surface area contributed by atoms with E-state index in [1.165, 1.54) is 18.2 Å². The molecule has 2 aliphatic carbocycles. The maximum Gasteiger partial charge on any atom is 0.330 e. The molecule has 29 heavy (non-hydrogen) atoms. The molecular formula is C22H23FN2O4. The number of nitrogens with two attached hydrogens (primary N) is 1. The first-order chi connectivity index (χ1) is 13.8. The number of aryl methyl sites for hydroxylation is 1. The number of fused-ring (bicyclic) bond motifs is 1. The first kappa shape index (κ1) is 19.2. The zero-order valence-electron chi connectivity index (χ0n) is 16.1. The normalized spacial score (nSPS) is 20.6. The Bertz CT molecular complexity index is 1000. The molecule has 1 saturated carbocycles. The Morgan fingerprint density at radius 3 is 2.59 bits per heavy atom. The Morgan fingerprint density at radius 1 is 1.21 bits per heavy atom. The number of amides is 1. The first-order valence-electron chi connectivity index (χ1n) is 9.67. The van der Waals surface area contributed by atoms with Gasteiger partial charge in [-0.3, -0.25) is 4.79 Å². The van der Waals surface area contributed by atoms with E-state index in [4.69, 9.17) is 10.5 Å². The molecule has 0 radical (unpaired) electrons. The number of benzene rings is 2. The molecule has 1 fully saturated rings. The zero-order chi connectivity index (χ0) is 20.8. The number of ether oxygens (including phenoxy) is 1. The van der Waals surface area contributed by atoms with Gasteiger partial charge in [-0.2, -0.15) is 0 Å². The van der Waals surface area contributed by atoms with E-state index in [0.717, 1.165) is 24.8 Å². The van der Waals surface area contributed by atoms with Gasteiger partial charge in [0.2, 0.25) is 0 Å². The molecule has 2 aromatic carbocycles. The van der Waals surface area contributed by atoms with Gasteiger partial charge in [0.1, 0.15) is 17.1 Å². The molecule has 6 nitrogen and oxygen atoms in total. The van der Waals surface area contributed by atoms with Crippen LogP contribution in [0.25, 0.3) is 0 Å². The minimum absolute atomic E-state index is 0.0152. The highest BCUT2D eigenvalue weighted by Gasteiger charge is 2.46. The van der Waals surface area contributed by atoms with Gasteiger partial charge in [0.15, 0.2) is 0 Å². The van der Waals surface area contributed by atoms with Gasteiger partial charge in [-0.25, -0.2) is 9.18 Å². The molecule has 4 rings (SSSR count). The van der Waals surface area contributed by atoms with Crippen LogP contribution in [-0.4, -0.2) is 28.6 Å². The van der Waals surface area contributed by atoms with Crippen LogP contribution in [0.1, 0.15) is 46.3 Å². The number of carboxylic acids is 1. The second-order valence-corrected chi connectivity index (χ2v) is 7.99. The summed E-state index contributed by atoms with van der Waals surface area (Å²) in [6.07, 6.45) is 3.08. The van der Waals surface area contributed by atoms with Gasteiger partial charge < -0.3 is 20.9 Å². The Balaban J connectivity index is 1.65. The van der Waals surface area contributed by atoms with E-state index in [1.54, 1.807) is 12.1 Å². The predicted molar refractivity (Wildman–Crippen MR) is 105 cm³/mol. The molecule has 152 valence electrons. The summed E-state index contributed by atoms with van der Waals surface area (Å²) in [6, 6.07) is 7.42. The summed E-state index contributed by atoms with van der Waals surface area (Å²) in [7, 11) is 0. The molecule has 0 aromatic heterocycles. The number of hydrogen-bond acceptors (Lipinski definition) is 4. The van der Waals surface area contributed by atoms with Gasteiger partial charge in [-0.05, 0) is 67.1 Å². The largest absolute Gasteiger partial charge is 0.489 e. The van der Waals surface area contributed by atoms with Crippen molar-refractivity contribution in [2.45, 2.75) is 50.7 Å². The summed E-state index contributed by atoms with van der Waals surface area (Å²) in [4.78, 5) is 25.3. The van der Waals surface area contributed by atoms with E-state index in [0.29, 0.717) is 22.6 Å². The number of carbonyl (C=O) groups excluding carboxylic acids is 1. The van der Waals surface area contributed by atoms with Gasteiger partial charge in [0.05, 0.1) is 11.7 Å². The maximum absolute atomic E-state index is 13.6. The maximum atomic E-state index is 13.6. The molecule has 1 unspecified atom stereocenters. The van der Waals surface area contributed by atoms with Crippen molar-refractivity contribution in [2.24, 2.45) is 0 Å². The lowest BCUT2D eigenvalue weighted by atomic mass is 9.94. The molecule has 7 heteroatoms. The molecule has 2 aromatic rings. The van der Waals surface area contributed by atoms with Gasteiger partial charge >= 0.3 is 5.97 Å². The van der Waals surface area contributed by atoms with Crippen LogP contribution in [0.3, 0.4) is 0 Å². The van der Waals surface area contributed by atoms with Crippen LogP contribution in [0.2, 0.25) is 0 Å². The molecule has 2 aliphatic rings. The van der Waals surface area contributed by atoms with E-state index >= 15 is 0 Å². The monoisotopic (exact) mass is 398 g/mol. The summed E-state index contributed by atoms with van der Waals surface area (Å²) in [5.74, 6) is -1.72. The van der Waals surface area contributed by atoms with Crippen LogP contribution < -0.4 is 15.8 Å². The molecule has 1 atom stereocenters. The summed E-state index contributed by atoms with van der Waals surface area (Å²) < 4.78 is 19.6. The fourth-order valence-electron chi connectivity index (χ4n) is 4.00. The van der Waals surface area contributed by atoms with E-state index in [2.05, 4.69) is 5.32 Å². The van der Waals surface area contributed by atoms with Gasteiger partial charge in [0.25, 0.3) is 5.91 Å². The molecule has 0 aliphatic heterocycles. The highest BCUT2D eigenvalue weighted by Crippen LogP contribution is 2.35. The lowest BCUT2D eigenvalue weighted by Gasteiger charge is -2.30. The van der Waals surface area contributed by atoms with Crippen LogP contribution in [-0.2, 0) is 17.6 Å². The Morgan fingerprint density at radius 2 is 1.93 bits per heavy atom. The number of hydrogen-bond donors (Lipinski definition) is 3. The topological polar surface area (TPSA) is 102 Å². The Hall–Kier alpha value is -3.09. The van der Waals surface area contributed by atoms with Crippen LogP contribution in [0.4, 0.5) is 10.1 Å². The number of anilines is 1. The Kier molecular flexibility index (Phi) is 4.68. The average molecular weight is 398 g/mol. The number of carboxylic acid groups (broad SMARTS) is 1. The first-order valence-corrected chi connectivity index (χ1v) is 9.67. The summed E-state index contributed by atoms with van der Waals surface area (Å²) in [5.41, 5.74) is 7.03. The predicted octanol–water partition coefficient (Wildman–Crippen LogP) is 3.00. The van der Waals surface area contributed by atoms with E-state index < -0.39 is 23.2 Å². The number of halogens is 1. The van der Waals surface area contributed by atoms with Crippen LogP contribution in [0, 0.1) is 12.7 Å². The zero-order valence-corrected chi connectivity index (χ0v) is 16.1. The van der Waals surface area contributed by atoms with Crippen molar-refractivity contribution in [3.8, 4) is 5.75 Å². The highest BCUT2D eigenvalue weighted by atomic mass is 19.1. The average Bonchev–Trinajstić information content (AvgIpc) is 2.97. The van der Waals surface area contributed by atoms with Crippen molar-refractivity contribution < 1.29 is 23.8 Å². The SMILES string of the molecule is Cc1cc(N)cc(C(=O)NC2(C(=O)O)Cc3ccc(F)cc3C2)c1OC1CCC1. The minimum Gasteiger partial charge on any atom is -0.489 e. The van der Waals surface area contributed by atoms with E-state index in [1.807, 2.05) is 6.92 Å². The molecule has 4 N–H and O–H groups in total. The third kappa shape index (κ3) is 3.52. The van der Waals surface area contributed by atoms with Crippen molar-refractivity contribution in [2.75, 3.05) is 5.73 Å². The number of rotatable bonds is 5. The second kappa shape index (κ2) is 7.06. The smallest absolute Gasteiger partial charge is 0.330 e. The van der Waals surface area contributed by atoms with Crippen molar-refractivity contribution in [3.63, 3.8) is 0 Å². The van der Waals surface area contributed by atoms with Crippen LogP contribution in [0.5, 0.6) is 5.75 Å². The molecule has 0 spiro atoms. The van der Waals surface area contributed by atoms with Crippen LogP contribution in [0.15, 0.2) is 30.3 Å². The van der Waals surface area contributed by atoms with Gasteiger partial charge in [-0.1, -0.05) is 6.07 Å². The fraction of sp³-hybridized carbons (Fsp3) is 0.364. The summed E-state index contributed by atoms with van der Waals surface area (Å²) in [6.45, 7) is 1.81. The third-order valence-electron chi connectivity index (χ3n) is 5.79. The highest BCUT2D eigenvalue weighted by molar-refractivity contribution is 6.01. The van der Waals surface area contributed by atoms with Crippen LogP contribution >= 0.6 is 0 Å². The summed E-state index contributed by atoms with van der Waals surface area (Å²) >= 11 is 0. The van der Waals surface area contributed by atoms with Gasteiger partial charge in [-0.15, -0.1) is 0 Å². The third-order valence-corrected chi connectivity index (χ3v) is 5.79. The molecule has 0 heterocycles. The lowest BCUT2D eigenvalue weighted by Crippen LogP contribution is -2.55. The quantitative estimate of drug-likeness (QED) is 0.672. The number of nitrogen functional groups attached to an aromatic ring is 1. The number of carbonyl (C=O) groups is 2. The standard InChI is InChI=1S/C22H23FN2O4/c1-12-7-16(24)9-18(19(12)29-17-3-2-4-17)20(26)25-22(21(27)28)10-13-5-6-15(23)8-14(13)11-22/h5-9,17H,2-4,10-11,24H2,1H3,(H,25,26)(H,27,28). The van der Waals surface area contributed by atoms with Gasteiger partial charge in [0, 0.05) is 18.5 Å². The molecule has 0 bridgehead atoms. The summed E-state index contributed by atoms with van der Waals surface area (Å²) in [5, 5.41) is 12.6. The second-order valence-electron chi connectivity index (χ2n) is 7.99. The number of nitrogens with one attached hydrogen (secondary N) is 1. The van der Waals surface area contributed by atoms with Crippen molar-refractivity contribution >= 4 is 17.6 Å². The van der Waals surface area contributed by atoms with Crippen molar-refractivity contribution in [3.05, 3.63) is 58.4 Å². The molecular weight excluding hydrogens is 375 g/mol. The lowest BCUT2D eigenvalue weighted by molar-refractivity contribution is -0.144. The van der Waals surface area contributed by atoms with E-state index in [-0.39, 0.29) is 24.5 Å². The number of aliphatic carboxylic acids is 1.